The summed E-state index contributed by atoms with van der Waals surface area (Å²) >= 11 is 8.00. The number of amides is 1. The van der Waals surface area contributed by atoms with Crippen molar-refractivity contribution in [2.75, 3.05) is 13.1 Å². The van der Waals surface area contributed by atoms with Crippen LogP contribution in [-0.4, -0.2) is 35.0 Å². The SMILES string of the molecule is O=C(O)[C@@H]1CCCN(C(=O)c2cc(Cl)ccc2I)C1. The average Bonchev–Trinajstić information content (AvgIpc) is 2.41. The van der Waals surface area contributed by atoms with E-state index in [4.69, 9.17) is 16.7 Å². The summed E-state index contributed by atoms with van der Waals surface area (Å²) in [7, 11) is 0. The normalized spacial score (nSPS) is 19.3. The molecule has 4 nitrogen and oxygen atoms in total. The van der Waals surface area contributed by atoms with Crippen LogP contribution in [0.2, 0.25) is 5.02 Å². The number of carboxylic acid groups (broad SMARTS) is 1. The Kier molecular flexibility index (Phi) is 4.67. The molecule has 0 spiro atoms. The molecule has 1 aliphatic rings. The van der Waals surface area contributed by atoms with Crippen molar-refractivity contribution in [3.63, 3.8) is 0 Å². The molecule has 1 aromatic carbocycles. The highest BCUT2D eigenvalue weighted by atomic mass is 127. The maximum atomic E-state index is 12.4. The van der Waals surface area contributed by atoms with Crippen LogP contribution in [0.5, 0.6) is 0 Å². The van der Waals surface area contributed by atoms with Crippen molar-refractivity contribution in [2.24, 2.45) is 5.92 Å². The van der Waals surface area contributed by atoms with Gasteiger partial charge in [-0.1, -0.05) is 11.6 Å². The van der Waals surface area contributed by atoms with Crippen LogP contribution >= 0.6 is 34.2 Å². The molecule has 0 bridgehead atoms. The molecule has 102 valence electrons. The van der Waals surface area contributed by atoms with Gasteiger partial charge in [-0.25, -0.2) is 0 Å². The predicted molar refractivity (Wildman–Crippen MR) is 80.4 cm³/mol. The minimum absolute atomic E-state index is 0.141. The summed E-state index contributed by atoms with van der Waals surface area (Å²) in [5.41, 5.74) is 0.541. The largest absolute Gasteiger partial charge is 0.481 e. The lowest BCUT2D eigenvalue weighted by atomic mass is 9.97. The van der Waals surface area contributed by atoms with Crippen LogP contribution in [-0.2, 0) is 4.79 Å². The number of likely N-dealkylation sites (tertiary alicyclic amines) is 1. The lowest BCUT2D eigenvalue weighted by Crippen LogP contribution is -2.42. The molecular weight excluding hydrogens is 381 g/mol. The number of halogens is 2. The second-order valence-electron chi connectivity index (χ2n) is 4.55. The number of carbonyl (C=O) groups excluding carboxylic acids is 1. The third kappa shape index (κ3) is 3.39. The van der Waals surface area contributed by atoms with E-state index in [9.17, 15) is 9.59 Å². The molecular formula is C13H13ClINO3. The maximum absolute atomic E-state index is 12.4. The Morgan fingerprint density at radius 2 is 2.16 bits per heavy atom. The Balaban J connectivity index is 2.19. The number of hydrogen-bond acceptors (Lipinski definition) is 2. The van der Waals surface area contributed by atoms with Gasteiger partial charge in [-0.05, 0) is 53.6 Å². The molecule has 6 heteroatoms. The van der Waals surface area contributed by atoms with Gasteiger partial charge >= 0.3 is 5.97 Å². The molecule has 0 saturated carbocycles. The molecule has 1 fully saturated rings. The molecule has 0 aromatic heterocycles. The summed E-state index contributed by atoms with van der Waals surface area (Å²) in [6.45, 7) is 0.877. The fourth-order valence-corrected chi connectivity index (χ4v) is 2.93. The van der Waals surface area contributed by atoms with Gasteiger partial charge in [-0.15, -0.1) is 0 Å². The molecule has 0 radical (unpaired) electrons. The van der Waals surface area contributed by atoms with Crippen molar-refractivity contribution in [2.45, 2.75) is 12.8 Å². The van der Waals surface area contributed by atoms with Crippen molar-refractivity contribution < 1.29 is 14.7 Å². The van der Waals surface area contributed by atoms with E-state index >= 15 is 0 Å². The van der Waals surface area contributed by atoms with E-state index in [1.807, 2.05) is 0 Å². The quantitative estimate of drug-likeness (QED) is 0.786. The van der Waals surface area contributed by atoms with Gasteiger partial charge in [0.05, 0.1) is 11.5 Å². The minimum Gasteiger partial charge on any atom is -0.481 e. The van der Waals surface area contributed by atoms with Crippen LogP contribution in [0.1, 0.15) is 23.2 Å². The third-order valence-electron chi connectivity index (χ3n) is 3.22. The standard InChI is InChI=1S/C13H13ClINO3/c14-9-3-4-11(15)10(6-9)12(17)16-5-1-2-8(7-16)13(18)19/h3-4,6,8H,1-2,5,7H2,(H,18,19)/t8-/m1/s1. The summed E-state index contributed by atoms with van der Waals surface area (Å²) in [6.07, 6.45) is 1.35. The fraction of sp³-hybridized carbons (Fsp3) is 0.385. The Labute approximate surface area is 129 Å². The second-order valence-corrected chi connectivity index (χ2v) is 6.15. The molecule has 0 aliphatic carbocycles. The Hall–Kier alpha value is -0.820. The van der Waals surface area contributed by atoms with Crippen molar-refractivity contribution >= 4 is 46.1 Å². The molecule has 19 heavy (non-hydrogen) atoms. The van der Waals surface area contributed by atoms with E-state index in [1.54, 1.807) is 23.1 Å². The molecule has 1 aromatic rings. The van der Waals surface area contributed by atoms with Gasteiger partial charge in [-0.2, -0.15) is 0 Å². The van der Waals surface area contributed by atoms with E-state index < -0.39 is 11.9 Å². The number of aliphatic carboxylic acids is 1. The minimum atomic E-state index is -0.835. The molecule has 2 rings (SSSR count). The molecule has 1 amide bonds. The summed E-state index contributed by atoms with van der Waals surface area (Å²) in [6, 6.07) is 5.15. The highest BCUT2D eigenvalue weighted by Crippen LogP contribution is 2.23. The molecule has 1 atom stereocenters. The number of hydrogen-bond donors (Lipinski definition) is 1. The van der Waals surface area contributed by atoms with Crippen LogP contribution in [0.3, 0.4) is 0 Å². The topological polar surface area (TPSA) is 57.6 Å². The summed E-state index contributed by atoms with van der Waals surface area (Å²) in [5, 5.41) is 9.56. The zero-order valence-electron chi connectivity index (χ0n) is 10.1. The first kappa shape index (κ1) is 14.6. The average molecular weight is 394 g/mol. The van der Waals surface area contributed by atoms with E-state index in [0.717, 1.165) is 9.99 Å². The molecule has 1 saturated heterocycles. The summed E-state index contributed by atoms with van der Waals surface area (Å²) in [4.78, 5) is 25.0. The van der Waals surface area contributed by atoms with Crippen molar-refractivity contribution in [1.29, 1.82) is 0 Å². The Bertz CT molecular complexity index is 521. The predicted octanol–water partition coefficient (Wildman–Crippen LogP) is 2.88. The van der Waals surface area contributed by atoms with E-state index in [2.05, 4.69) is 22.6 Å². The number of carboxylic acids is 1. The number of rotatable bonds is 2. The number of piperidine rings is 1. The smallest absolute Gasteiger partial charge is 0.308 e. The fourth-order valence-electron chi connectivity index (χ4n) is 2.19. The molecule has 1 aliphatic heterocycles. The lowest BCUT2D eigenvalue weighted by molar-refractivity contribution is -0.143. The Morgan fingerprint density at radius 3 is 2.84 bits per heavy atom. The number of benzene rings is 1. The van der Waals surface area contributed by atoms with Gasteiger partial charge in [0.15, 0.2) is 0 Å². The maximum Gasteiger partial charge on any atom is 0.308 e. The van der Waals surface area contributed by atoms with Crippen LogP contribution in [0.25, 0.3) is 0 Å². The monoisotopic (exact) mass is 393 g/mol. The van der Waals surface area contributed by atoms with Gasteiger partial charge in [0, 0.05) is 21.7 Å². The van der Waals surface area contributed by atoms with Crippen LogP contribution in [0, 0.1) is 9.49 Å². The lowest BCUT2D eigenvalue weighted by Gasteiger charge is -2.31. The van der Waals surface area contributed by atoms with Gasteiger partial charge in [0.2, 0.25) is 0 Å². The van der Waals surface area contributed by atoms with Crippen LogP contribution in [0.15, 0.2) is 18.2 Å². The first-order valence-electron chi connectivity index (χ1n) is 5.96. The van der Waals surface area contributed by atoms with Gasteiger partial charge in [-0.3, -0.25) is 9.59 Å². The highest BCUT2D eigenvalue weighted by molar-refractivity contribution is 14.1. The number of nitrogens with zero attached hydrogens (tertiary/aromatic N) is 1. The van der Waals surface area contributed by atoms with E-state index in [0.29, 0.717) is 23.6 Å². The highest BCUT2D eigenvalue weighted by Gasteiger charge is 2.29. The Morgan fingerprint density at radius 1 is 1.42 bits per heavy atom. The van der Waals surface area contributed by atoms with E-state index in [1.165, 1.54) is 0 Å². The summed E-state index contributed by atoms with van der Waals surface area (Å²) in [5.74, 6) is -1.44. The van der Waals surface area contributed by atoms with Gasteiger partial charge in [0.25, 0.3) is 5.91 Å². The van der Waals surface area contributed by atoms with Crippen LogP contribution in [0.4, 0.5) is 0 Å². The summed E-state index contributed by atoms with van der Waals surface area (Å²) < 4.78 is 0.824. The van der Waals surface area contributed by atoms with Crippen molar-refractivity contribution in [3.8, 4) is 0 Å². The first-order valence-corrected chi connectivity index (χ1v) is 7.42. The molecule has 1 N–H and O–H groups in total. The van der Waals surface area contributed by atoms with Gasteiger partial charge in [0.1, 0.15) is 0 Å². The van der Waals surface area contributed by atoms with E-state index in [-0.39, 0.29) is 12.5 Å². The zero-order chi connectivity index (χ0) is 14.0. The molecule has 1 heterocycles. The van der Waals surface area contributed by atoms with Crippen LogP contribution < -0.4 is 0 Å². The first-order chi connectivity index (χ1) is 8.99. The number of carbonyl (C=O) groups is 2. The molecule has 0 unspecified atom stereocenters. The van der Waals surface area contributed by atoms with Crippen molar-refractivity contribution in [1.82, 2.24) is 4.90 Å². The van der Waals surface area contributed by atoms with Gasteiger partial charge < -0.3 is 10.0 Å². The third-order valence-corrected chi connectivity index (χ3v) is 4.39. The second kappa shape index (κ2) is 6.09. The zero-order valence-corrected chi connectivity index (χ0v) is 13.0. The van der Waals surface area contributed by atoms with Crippen molar-refractivity contribution in [3.05, 3.63) is 32.4 Å².